The summed E-state index contributed by atoms with van der Waals surface area (Å²) in [7, 11) is 0. The number of ether oxygens (including phenoxy) is 4. The van der Waals surface area contributed by atoms with Gasteiger partial charge in [-0.3, -0.25) is 4.98 Å². The van der Waals surface area contributed by atoms with Gasteiger partial charge in [0, 0.05) is 44.8 Å². The van der Waals surface area contributed by atoms with Crippen LogP contribution in [0.2, 0.25) is 0 Å². The highest BCUT2D eigenvalue weighted by Gasteiger charge is 2.60. The highest BCUT2D eigenvalue weighted by Crippen LogP contribution is 2.60. The molecule has 37 heavy (non-hydrogen) atoms. The van der Waals surface area contributed by atoms with Crippen molar-refractivity contribution in [3.63, 3.8) is 0 Å². The van der Waals surface area contributed by atoms with Crippen molar-refractivity contribution in [1.82, 2.24) is 10.3 Å². The Morgan fingerprint density at radius 1 is 0.892 bits per heavy atom. The molecule has 0 radical (unpaired) electrons. The van der Waals surface area contributed by atoms with Crippen molar-refractivity contribution in [3.8, 4) is 0 Å². The maximum atomic E-state index is 6.97. The second-order valence-electron chi connectivity index (χ2n) is 11.6. The minimum absolute atomic E-state index is 0.378. The van der Waals surface area contributed by atoms with E-state index >= 15 is 0 Å². The molecule has 1 N–H and O–H groups in total. The Balaban J connectivity index is 1.03. The van der Waals surface area contributed by atoms with E-state index in [4.69, 9.17) is 23.9 Å². The monoisotopic (exact) mass is 502 g/mol. The average Bonchev–Trinajstić information content (AvgIpc) is 3.32. The SMILES string of the molecule is C1=C(c2ccccc2CNCCC2(c3ccccn3)CCOC3(CC4CC4C3)O2)CCC2(C1)OCCO2. The van der Waals surface area contributed by atoms with Crippen LogP contribution in [0.5, 0.6) is 0 Å². The fraction of sp³-hybridized carbons (Fsp3) is 0.581. The largest absolute Gasteiger partial charge is 0.350 e. The molecule has 0 amide bonds. The molecule has 6 nitrogen and oxygen atoms in total. The third-order valence-electron chi connectivity index (χ3n) is 9.23. The number of hydrogen-bond donors (Lipinski definition) is 1. The normalized spacial score (nSPS) is 34.0. The molecule has 3 aliphatic carbocycles. The lowest BCUT2D eigenvalue weighted by Gasteiger charge is -2.47. The lowest BCUT2D eigenvalue weighted by molar-refractivity contribution is -0.335. The van der Waals surface area contributed by atoms with Gasteiger partial charge in [0.05, 0.1) is 25.5 Å². The molecule has 1 aromatic carbocycles. The van der Waals surface area contributed by atoms with Crippen molar-refractivity contribution in [2.75, 3.05) is 26.4 Å². The summed E-state index contributed by atoms with van der Waals surface area (Å²) < 4.78 is 25.1. The number of pyridine rings is 1. The van der Waals surface area contributed by atoms with Gasteiger partial charge in [-0.15, -0.1) is 0 Å². The molecule has 1 aromatic heterocycles. The zero-order chi connectivity index (χ0) is 24.8. The Kier molecular flexibility index (Phi) is 6.21. The first-order chi connectivity index (χ1) is 18.2. The first kappa shape index (κ1) is 24.0. The van der Waals surface area contributed by atoms with Crippen LogP contribution in [0.1, 0.15) is 68.2 Å². The van der Waals surface area contributed by atoms with Gasteiger partial charge in [0.2, 0.25) is 0 Å². The summed E-state index contributed by atoms with van der Waals surface area (Å²) >= 11 is 0. The van der Waals surface area contributed by atoms with Crippen LogP contribution in [0.3, 0.4) is 0 Å². The van der Waals surface area contributed by atoms with Gasteiger partial charge in [-0.1, -0.05) is 36.4 Å². The molecular formula is C31H38N2O4. The van der Waals surface area contributed by atoms with Crippen molar-refractivity contribution in [2.45, 2.75) is 75.1 Å². The highest BCUT2D eigenvalue weighted by atomic mass is 16.7. The third-order valence-corrected chi connectivity index (χ3v) is 9.23. The Morgan fingerprint density at radius 2 is 1.70 bits per heavy atom. The Labute approximate surface area is 219 Å². The minimum Gasteiger partial charge on any atom is -0.350 e. The molecule has 7 rings (SSSR count). The third kappa shape index (κ3) is 4.68. The second kappa shape index (κ2) is 9.58. The highest BCUT2D eigenvalue weighted by molar-refractivity contribution is 5.69. The smallest absolute Gasteiger partial charge is 0.172 e. The van der Waals surface area contributed by atoms with Crippen LogP contribution in [-0.2, 0) is 31.1 Å². The summed E-state index contributed by atoms with van der Waals surface area (Å²) in [6.07, 6.45) is 12.1. The molecule has 3 unspecified atom stereocenters. The number of aromatic nitrogens is 1. The predicted octanol–water partition coefficient (Wildman–Crippen LogP) is 5.33. The molecule has 196 valence electrons. The molecule has 3 heterocycles. The van der Waals surface area contributed by atoms with Crippen LogP contribution in [0.15, 0.2) is 54.7 Å². The molecular weight excluding hydrogens is 464 g/mol. The number of fused-ring (bicyclic) bond motifs is 1. The van der Waals surface area contributed by atoms with E-state index in [-0.39, 0.29) is 5.79 Å². The molecule has 2 spiro atoms. The summed E-state index contributed by atoms with van der Waals surface area (Å²) in [4.78, 5) is 4.77. The summed E-state index contributed by atoms with van der Waals surface area (Å²) in [5.74, 6) is 0.806. The van der Waals surface area contributed by atoms with Gasteiger partial charge in [-0.25, -0.2) is 0 Å². The van der Waals surface area contributed by atoms with Gasteiger partial charge in [-0.2, -0.15) is 0 Å². The van der Waals surface area contributed by atoms with Crippen molar-refractivity contribution in [1.29, 1.82) is 0 Å². The number of rotatable bonds is 7. The standard InChI is InChI=1S/C31H38N2O4/c1-2-6-27(23-8-10-30(11-9-23)35-17-18-36-30)24(5-1)22-32-15-12-29(28-7-3-4-14-33-28)13-16-34-31(37-29)20-25-19-26(25)21-31/h1-8,14,25-26,32H,9-13,15-22H2. The average molecular weight is 503 g/mol. The zero-order valence-corrected chi connectivity index (χ0v) is 21.6. The fourth-order valence-electron chi connectivity index (χ4n) is 7.16. The lowest BCUT2D eigenvalue weighted by atomic mass is 9.87. The van der Waals surface area contributed by atoms with E-state index in [0.717, 1.165) is 82.2 Å². The lowest BCUT2D eigenvalue weighted by Crippen LogP contribution is -2.51. The van der Waals surface area contributed by atoms with Crippen LogP contribution in [-0.4, -0.2) is 42.9 Å². The number of allylic oxidation sites excluding steroid dienone is 1. The molecule has 3 atom stereocenters. The van der Waals surface area contributed by atoms with Gasteiger partial charge in [0.15, 0.2) is 11.6 Å². The van der Waals surface area contributed by atoms with Gasteiger partial charge < -0.3 is 24.3 Å². The van der Waals surface area contributed by atoms with E-state index in [0.29, 0.717) is 13.2 Å². The maximum Gasteiger partial charge on any atom is 0.172 e. The summed E-state index contributed by atoms with van der Waals surface area (Å²) in [6.45, 7) is 3.85. The Hall–Kier alpha value is -2.09. The molecule has 2 saturated heterocycles. The predicted molar refractivity (Wildman–Crippen MR) is 140 cm³/mol. The maximum absolute atomic E-state index is 6.97. The summed E-state index contributed by atoms with van der Waals surface area (Å²) in [5.41, 5.74) is 4.73. The first-order valence-electron chi connectivity index (χ1n) is 14.2. The summed E-state index contributed by atoms with van der Waals surface area (Å²) in [6, 6.07) is 15.0. The van der Waals surface area contributed by atoms with Crippen molar-refractivity contribution in [3.05, 3.63) is 71.6 Å². The molecule has 5 aliphatic rings. The van der Waals surface area contributed by atoms with Crippen LogP contribution in [0, 0.1) is 11.8 Å². The van der Waals surface area contributed by atoms with Gasteiger partial charge in [-0.05, 0) is 66.5 Å². The molecule has 6 heteroatoms. The van der Waals surface area contributed by atoms with Crippen molar-refractivity contribution < 1.29 is 18.9 Å². The summed E-state index contributed by atoms with van der Waals surface area (Å²) in [5, 5.41) is 3.74. The fourth-order valence-corrected chi connectivity index (χ4v) is 7.16. The number of nitrogens with zero attached hydrogens (tertiary/aromatic N) is 1. The van der Waals surface area contributed by atoms with Crippen LogP contribution in [0.25, 0.3) is 5.57 Å². The van der Waals surface area contributed by atoms with Gasteiger partial charge in [0.1, 0.15) is 5.60 Å². The van der Waals surface area contributed by atoms with E-state index in [1.807, 2.05) is 12.3 Å². The molecule has 2 aromatic rings. The number of benzene rings is 1. The van der Waals surface area contributed by atoms with Crippen LogP contribution >= 0.6 is 0 Å². The Bertz CT molecular complexity index is 1130. The second-order valence-corrected chi connectivity index (χ2v) is 11.6. The van der Waals surface area contributed by atoms with Crippen LogP contribution < -0.4 is 5.32 Å². The van der Waals surface area contributed by atoms with E-state index in [2.05, 4.69) is 47.8 Å². The number of hydrogen-bond acceptors (Lipinski definition) is 6. The van der Waals surface area contributed by atoms with E-state index < -0.39 is 11.4 Å². The molecule has 2 saturated carbocycles. The molecule has 0 bridgehead atoms. The van der Waals surface area contributed by atoms with Gasteiger partial charge in [0.25, 0.3) is 0 Å². The Morgan fingerprint density at radius 3 is 2.49 bits per heavy atom. The van der Waals surface area contributed by atoms with Crippen molar-refractivity contribution in [2.24, 2.45) is 11.8 Å². The molecule has 2 aliphatic heterocycles. The van der Waals surface area contributed by atoms with E-state index in [9.17, 15) is 0 Å². The van der Waals surface area contributed by atoms with E-state index in [1.54, 1.807) is 0 Å². The topological polar surface area (TPSA) is 61.8 Å². The van der Waals surface area contributed by atoms with E-state index in [1.165, 1.54) is 23.1 Å². The van der Waals surface area contributed by atoms with Crippen molar-refractivity contribution >= 4 is 5.57 Å². The molecule has 4 fully saturated rings. The zero-order valence-electron chi connectivity index (χ0n) is 21.6. The first-order valence-corrected chi connectivity index (χ1v) is 14.2. The minimum atomic E-state index is -0.409. The quantitative estimate of drug-likeness (QED) is 0.517. The van der Waals surface area contributed by atoms with Crippen LogP contribution in [0.4, 0.5) is 0 Å². The number of nitrogens with one attached hydrogen (secondary N) is 1. The van der Waals surface area contributed by atoms with Gasteiger partial charge >= 0.3 is 0 Å².